The van der Waals surface area contributed by atoms with Crippen molar-refractivity contribution in [2.75, 3.05) is 51.0 Å². The molecule has 0 saturated carbocycles. The zero-order chi connectivity index (χ0) is 23.6. The van der Waals surface area contributed by atoms with E-state index in [9.17, 15) is 18.7 Å². The van der Waals surface area contributed by atoms with Gasteiger partial charge in [-0.25, -0.2) is 9.13 Å². The summed E-state index contributed by atoms with van der Waals surface area (Å²) in [6.45, 7) is 2.28. The highest BCUT2D eigenvalue weighted by Crippen LogP contribution is 2.60. The average molecular weight is 523 g/mol. The lowest BCUT2D eigenvalue weighted by Gasteiger charge is -2.15. The number of hydrogen-bond acceptors (Lipinski definition) is 10. The highest BCUT2D eigenvalue weighted by molar-refractivity contribution is 8.55. The van der Waals surface area contributed by atoms with Gasteiger partial charge < -0.3 is 28.7 Å². The summed E-state index contributed by atoms with van der Waals surface area (Å²) in [4.78, 5) is 23.7. The van der Waals surface area contributed by atoms with E-state index >= 15 is 0 Å². The second kappa shape index (κ2) is 18.4. The Morgan fingerprint density at radius 3 is 1.26 bits per heavy atom. The van der Waals surface area contributed by atoms with Crippen molar-refractivity contribution >= 4 is 48.2 Å². The molecule has 0 bridgehead atoms. The van der Waals surface area contributed by atoms with E-state index in [0.29, 0.717) is 13.1 Å². The minimum absolute atomic E-state index is 0.00164. The molecule has 0 rings (SSSR count). The lowest BCUT2D eigenvalue weighted by molar-refractivity contribution is -0.119. The fraction of sp³-hybridized carbons (Fsp3) is 0.882. The van der Waals surface area contributed by atoms with E-state index in [1.54, 1.807) is 27.7 Å². The third-order valence-electron chi connectivity index (χ3n) is 3.35. The van der Waals surface area contributed by atoms with Gasteiger partial charge in [0.15, 0.2) is 0 Å². The van der Waals surface area contributed by atoms with Crippen LogP contribution in [0.25, 0.3) is 0 Å². The largest absolute Gasteiger partial charge is 0.389 e. The Labute approximate surface area is 193 Å². The summed E-state index contributed by atoms with van der Waals surface area (Å²) >= 11 is 1.76. The van der Waals surface area contributed by atoms with E-state index in [0.717, 1.165) is 42.0 Å². The second-order valence-corrected chi connectivity index (χ2v) is 14.0. The van der Waals surface area contributed by atoms with Crippen LogP contribution in [-0.2, 0) is 36.8 Å². The van der Waals surface area contributed by atoms with E-state index in [4.69, 9.17) is 18.1 Å². The van der Waals surface area contributed by atoms with Crippen molar-refractivity contribution in [2.24, 2.45) is 0 Å². The number of hydrogen-bond donors (Lipinski definition) is 2. The van der Waals surface area contributed by atoms with Gasteiger partial charge in [-0.05, 0) is 69.7 Å². The molecule has 0 heterocycles. The van der Waals surface area contributed by atoms with Crippen molar-refractivity contribution in [3.8, 4) is 0 Å². The van der Waals surface area contributed by atoms with Gasteiger partial charge in [0, 0.05) is 13.1 Å². The number of unbranched alkanes of at least 4 members (excludes halogenated alkanes) is 2. The Hall–Kier alpha value is -0.0600. The molecule has 0 atom stereocenters. The molecule has 2 amide bonds. The molecule has 0 fully saturated rings. The maximum atomic E-state index is 12.3. The van der Waals surface area contributed by atoms with Gasteiger partial charge in [-0.15, -0.1) is 0 Å². The quantitative estimate of drug-likeness (QED) is 0.177. The zero-order valence-corrected chi connectivity index (χ0v) is 22.2. The van der Waals surface area contributed by atoms with Crippen molar-refractivity contribution in [2.45, 2.75) is 47.0 Å². The molecule has 14 heteroatoms. The van der Waals surface area contributed by atoms with Crippen LogP contribution < -0.4 is 10.6 Å². The van der Waals surface area contributed by atoms with Crippen molar-refractivity contribution in [1.29, 1.82) is 0 Å². The van der Waals surface area contributed by atoms with Crippen molar-refractivity contribution in [1.82, 2.24) is 10.6 Å². The molecular weight excluding hydrogens is 486 g/mol. The average Bonchev–Trinajstić information content (AvgIpc) is 2.71. The molecule has 184 valence electrons. The van der Waals surface area contributed by atoms with Gasteiger partial charge >= 0.3 is 13.6 Å². The minimum Gasteiger partial charge on any atom is -0.355 e. The van der Waals surface area contributed by atoms with Crippen LogP contribution in [-0.4, -0.2) is 62.8 Å². The topological polar surface area (TPSA) is 129 Å². The van der Waals surface area contributed by atoms with E-state index in [1.807, 2.05) is 0 Å². The van der Waals surface area contributed by atoms with E-state index in [-0.39, 0.29) is 49.7 Å². The minimum atomic E-state index is -3.28. The number of amides is 2. The normalized spacial score (nSPS) is 12.0. The van der Waals surface area contributed by atoms with E-state index in [2.05, 4.69) is 10.6 Å². The molecule has 0 aliphatic carbocycles. The molecule has 10 nitrogen and oxygen atoms in total. The zero-order valence-electron chi connectivity index (χ0n) is 18.8. The van der Waals surface area contributed by atoms with Gasteiger partial charge in [0.1, 0.15) is 0 Å². The molecule has 0 unspecified atom stereocenters. The standard InChI is InChI=1S/C17H36N2O8P2S2/c1-5-24-28(22,25-6-2)30-14-16(20)18-12-10-9-11-13-19-17(21)15-31-29(23,26-7-3)27-8-4/h5-15H2,1-4H3,(H,18,20)(H,19,21). The van der Waals surface area contributed by atoms with Gasteiger partial charge in [0.25, 0.3) is 0 Å². The lowest BCUT2D eigenvalue weighted by atomic mass is 10.2. The summed E-state index contributed by atoms with van der Waals surface area (Å²) in [6.07, 6.45) is 2.31. The molecule has 0 aromatic carbocycles. The molecule has 0 saturated heterocycles. The van der Waals surface area contributed by atoms with Gasteiger partial charge in [0.05, 0.1) is 37.9 Å². The monoisotopic (exact) mass is 522 g/mol. The maximum absolute atomic E-state index is 12.3. The number of rotatable bonds is 20. The van der Waals surface area contributed by atoms with Gasteiger partial charge in [-0.2, -0.15) is 0 Å². The molecular formula is C17H36N2O8P2S2. The first kappa shape index (κ1) is 30.9. The number of carbonyl (C=O) groups excluding carboxylic acids is 2. The summed E-state index contributed by atoms with van der Waals surface area (Å²) in [7, 11) is 0. The Morgan fingerprint density at radius 1 is 0.645 bits per heavy atom. The molecule has 0 aliphatic rings. The third kappa shape index (κ3) is 16.2. The number of carbonyl (C=O) groups is 2. The van der Waals surface area contributed by atoms with Crippen molar-refractivity contribution < 1.29 is 36.8 Å². The van der Waals surface area contributed by atoms with Crippen LogP contribution >= 0.6 is 36.4 Å². The summed E-state index contributed by atoms with van der Waals surface area (Å²) in [6, 6.07) is 0. The Balaban J connectivity index is 3.86. The summed E-state index contributed by atoms with van der Waals surface area (Å²) in [5.74, 6) is -0.470. The predicted molar refractivity (Wildman–Crippen MR) is 127 cm³/mol. The lowest BCUT2D eigenvalue weighted by Crippen LogP contribution is -2.27. The Kier molecular flexibility index (Phi) is 18.3. The Bertz CT molecular complexity index is 543. The van der Waals surface area contributed by atoms with Crippen LogP contribution in [0.3, 0.4) is 0 Å². The molecule has 0 aromatic rings. The number of nitrogens with one attached hydrogen (secondary N) is 2. The van der Waals surface area contributed by atoms with E-state index < -0.39 is 13.6 Å². The van der Waals surface area contributed by atoms with Crippen LogP contribution in [0.5, 0.6) is 0 Å². The first-order valence-electron chi connectivity index (χ1n) is 10.3. The molecule has 0 aromatic heterocycles. The fourth-order valence-electron chi connectivity index (χ4n) is 2.12. The highest BCUT2D eigenvalue weighted by atomic mass is 32.7. The Morgan fingerprint density at radius 2 is 0.968 bits per heavy atom. The van der Waals surface area contributed by atoms with Gasteiger partial charge in [-0.1, -0.05) is 0 Å². The van der Waals surface area contributed by atoms with Crippen LogP contribution in [0, 0.1) is 0 Å². The SMILES string of the molecule is CCOP(=O)(OCC)SCC(=O)NCCCCCNC(=O)CSP(=O)(OCC)OCC. The summed E-state index contributed by atoms with van der Waals surface area (Å²) in [5, 5.41) is 5.52. The smallest absolute Gasteiger partial charge is 0.355 e. The van der Waals surface area contributed by atoms with Crippen LogP contribution in [0.4, 0.5) is 0 Å². The molecule has 0 radical (unpaired) electrons. The second-order valence-electron chi connectivity index (χ2n) is 5.87. The summed E-state index contributed by atoms with van der Waals surface area (Å²) < 4.78 is 45.0. The van der Waals surface area contributed by atoms with Gasteiger partial charge in [-0.3, -0.25) is 9.59 Å². The first-order chi connectivity index (χ1) is 14.7. The predicted octanol–water partition coefficient (Wildman–Crippen LogP) is 4.22. The molecule has 31 heavy (non-hydrogen) atoms. The first-order valence-corrected chi connectivity index (χ1v) is 16.6. The molecule has 0 aliphatic heterocycles. The third-order valence-corrected chi connectivity index (χ3v) is 11.0. The van der Waals surface area contributed by atoms with Crippen molar-refractivity contribution in [3.05, 3.63) is 0 Å². The van der Waals surface area contributed by atoms with Crippen molar-refractivity contribution in [3.63, 3.8) is 0 Å². The fourth-order valence-corrected chi connectivity index (χ4v) is 8.39. The highest BCUT2D eigenvalue weighted by Gasteiger charge is 2.26. The van der Waals surface area contributed by atoms with Crippen LogP contribution in [0.1, 0.15) is 47.0 Å². The van der Waals surface area contributed by atoms with E-state index in [1.165, 1.54) is 0 Å². The summed E-state index contributed by atoms with van der Waals surface area (Å²) in [5.41, 5.74) is 0. The van der Waals surface area contributed by atoms with Gasteiger partial charge in [0.2, 0.25) is 11.8 Å². The molecule has 2 N–H and O–H groups in total. The van der Waals surface area contributed by atoms with Crippen LogP contribution in [0.15, 0.2) is 0 Å². The maximum Gasteiger partial charge on any atom is 0.389 e. The van der Waals surface area contributed by atoms with Crippen LogP contribution in [0.2, 0.25) is 0 Å². The molecule has 0 spiro atoms.